The first-order chi connectivity index (χ1) is 9.42. The third-order valence-electron chi connectivity index (χ3n) is 2.36. The second-order valence-corrected chi connectivity index (χ2v) is 8.08. The van der Waals surface area contributed by atoms with E-state index < -0.39 is 10.0 Å². The minimum absolute atomic E-state index is 0.121. The smallest absolute Gasteiger partial charge is 0.242 e. The van der Waals surface area contributed by atoms with Crippen LogP contribution in [0.25, 0.3) is 0 Å². The Bertz CT molecular complexity index is 695. The molecule has 0 aliphatic carbocycles. The zero-order valence-electron chi connectivity index (χ0n) is 10.5. The van der Waals surface area contributed by atoms with Crippen molar-refractivity contribution in [3.05, 3.63) is 26.4 Å². The van der Waals surface area contributed by atoms with Gasteiger partial charge < -0.3 is 9.63 Å². The van der Waals surface area contributed by atoms with Gasteiger partial charge in [0.05, 0.1) is 10.4 Å². The molecule has 2 rings (SSSR count). The van der Waals surface area contributed by atoms with E-state index in [2.05, 4.69) is 30.8 Å². The molecule has 2 aromatic heterocycles. The highest BCUT2D eigenvalue weighted by molar-refractivity contribution is 9.11. The van der Waals surface area contributed by atoms with Gasteiger partial charge in [-0.3, -0.25) is 0 Å². The highest BCUT2D eigenvalue weighted by Gasteiger charge is 2.20. The Morgan fingerprint density at radius 2 is 2.30 bits per heavy atom. The van der Waals surface area contributed by atoms with Crippen molar-refractivity contribution in [2.75, 3.05) is 6.54 Å². The van der Waals surface area contributed by atoms with Crippen molar-refractivity contribution in [1.29, 1.82) is 0 Å². The van der Waals surface area contributed by atoms with E-state index in [0.717, 1.165) is 0 Å². The van der Waals surface area contributed by atoms with Crippen LogP contribution in [0.3, 0.4) is 0 Å². The summed E-state index contributed by atoms with van der Waals surface area (Å²) in [5.74, 6) is 0.890. The van der Waals surface area contributed by atoms with E-state index >= 15 is 0 Å². The van der Waals surface area contributed by atoms with E-state index in [4.69, 9.17) is 9.63 Å². The quantitative estimate of drug-likeness (QED) is 0.778. The zero-order chi connectivity index (χ0) is 14.8. The molecule has 10 heteroatoms. The van der Waals surface area contributed by atoms with Gasteiger partial charge in [-0.25, -0.2) is 13.1 Å². The van der Waals surface area contributed by atoms with Gasteiger partial charge in [0.1, 0.15) is 4.90 Å². The van der Waals surface area contributed by atoms with Crippen LogP contribution in [-0.2, 0) is 23.1 Å². The van der Waals surface area contributed by atoms with Gasteiger partial charge in [0, 0.05) is 24.8 Å². The number of nitrogens with zero attached hydrogens (tertiary/aromatic N) is 2. The molecular formula is C10H12BrN3O4S2. The van der Waals surface area contributed by atoms with Crippen LogP contribution < -0.4 is 4.72 Å². The lowest BCUT2D eigenvalue weighted by Crippen LogP contribution is -2.26. The topological polar surface area (TPSA) is 105 Å². The summed E-state index contributed by atoms with van der Waals surface area (Å²) < 4.78 is 31.9. The Morgan fingerprint density at radius 3 is 2.85 bits per heavy atom. The number of hydrogen-bond acceptors (Lipinski definition) is 7. The molecule has 7 nitrogen and oxygen atoms in total. The van der Waals surface area contributed by atoms with Crippen LogP contribution >= 0.6 is 27.3 Å². The lowest BCUT2D eigenvalue weighted by Gasteiger charge is -2.03. The fraction of sp³-hybridized carbons (Fsp3) is 0.400. The minimum atomic E-state index is -3.63. The lowest BCUT2D eigenvalue weighted by atomic mass is 10.4. The van der Waals surface area contributed by atoms with Gasteiger partial charge >= 0.3 is 0 Å². The molecule has 0 fully saturated rings. The summed E-state index contributed by atoms with van der Waals surface area (Å²) in [5, 5.41) is 12.7. The molecule has 0 unspecified atom stereocenters. The molecule has 0 saturated carbocycles. The summed E-state index contributed by atoms with van der Waals surface area (Å²) in [6.07, 6.45) is 0.338. The predicted octanol–water partition coefficient (Wildman–Crippen LogP) is 1.22. The number of aliphatic hydroxyl groups is 1. The summed E-state index contributed by atoms with van der Waals surface area (Å²) in [4.78, 5) is 4.68. The summed E-state index contributed by atoms with van der Waals surface area (Å²) in [7, 11) is -3.63. The monoisotopic (exact) mass is 381 g/mol. The molecule has 0 aliphatic heterocycles. The van der Waals surface area contributed by atoms with Crippen LogP contribution in [0.2, 0.25) is 0 Å². The second kappa shape index (κ2) is 6.31. The van der Waals surface area contributed by atoms with Crippen LogP contribution in [0.5, 0.6) is 0 Å². The average molecular weight is 382 g/mol. The Morgan fingerprint density at radius 1 is 1.55 bits per heavy atom. The van der Waals surface area contributed by atoms with E-state index in [0.29, 0.717) is 26.8 Å². The number of thiophene rings is 1. The summed E-state index contributed by atoms with van der Waals surface area (Å²) >= 11 is 4.36. The molecule has 0 amide bonds. The summed E-state index contributed by atoms with van der Waals surface area (Å²) in [6, 6.07) is 1.44. The fourth-order valence-electron chi connectivity index (χ4n) is 1.48. The van der Waals surface area contributed by atoms with E-state index in [1.54, 1.807) is 6.92 Å². The summed E-state index contributed by atoms with van der Waals surface area (Å²) in [6.45, 7) is 1.64. The molecule has 0 spiro atoms. The molecule has 2 N–H and O–H groups in total. The van der Waals surface area contributed by atoms with Gasteiger partial charge in [-0.1, -0.05) is 5.16 Å². The van der Waals surface area contributed by atoms with Crippen LogP contribution in [0.15, 0.2) is 19.3 Å². The van der Waals surface area contributed by atoms with E-state index in [-0.39, 0.29) is 18.0 Å². The molecule has 0 radical (unpaired) electrons. The molecule has 0 atom stereocenters. The average Bonchev–Trinajstić information content (AvgIpc) is 2.95. The maximum Gasteiger partial charge on any atom is 0.242 e. The number of hydrogen-bond donors (Lipinski definition) is 2. The van der Waals surface area contributed by atoms with Crippen LogP contribution in [0.4, 0.5) is 0 Å². The Hall–Kier alpha value is -0.810. The first-order valence-corrected chi connectivity index (χ1v) is 8.69. The van der Waals surface area contributed by atoms with Crippen LogP contribution in [-0.4, -0.2) is 30.2 Å². The Balaban J connectivity index is 2.01. The van der Waals surface area contributed by atoms with Gasteiger partial charge in [0.2, 0.25) is 15.9 Å². The van der Waals surface area contributed by atoms with Gasteiger partial charge in [-0.2, -0.15) is 4.98 Å². The maximum atomic E-state index is 12.1. The number of aliphatic hydroxyl groups excluding tert-OH is 1. The third kappa shape index (κ3) is 3.64. The minimum Gasteiger partial charge on any atom is -0.391 e. The largest absolute Gasteiger partial charge is 0.391 e. The standard InChI is InChI=1S/C10H12BrN3O4S2/c1-6-13-9(14-18-6)2-3-12-20(16,17)8-4-7(5-15)19-10(8)11/h4,12,15H,2-3,5H2,1H3. The first kappa shape index (κ1) is 15.6. The second-order valence-electron chi connectivity index (χ2n) is 3.89. The molecule has 0 aromatic carbocycles. The SMILES string of the molecule is Cc1nc(CCNS(=O)(=O)c2cc(CO)sc2Br)no1. The van der Waals surface area contributed by atoms with E-state index in [1.165, 1.54) is 17.4 Å². The Kier molecular flexibility index (Phi) is 4.91. The number of sulfonamides is 1. The van der Waals surface area contributed by atoms with E-state index in [1.807, 2.05) is 0 Å². The van der Waals surface area contributed by atoms with Gasteiger partial charge in [-0.05, 0) is 22.0 Å². The van der Waals surface area contributed by atoms with Crippen molar-refractivity contribution in [2.24, 2.45) is 0 Å². The molecular weight excluding hydrogens is 370 g/mol. The number of rotatable bonds is 6. The van der Waals surface area contributed by atoms with Gasteiger partial charge in [-0.15, -0.1) is 11.3 Å². The highest BCUT2D eigenvalue weighted by Crippen LogP contribution is 2.31. The third-order valence-corrected chi connectivity index (χ3v) is 6.06. The van der Waals surface area contributed by atoms with Gasteiger partial charge in [0.25, 0.3) is 0 Å². The molecule has 0 saturated heterocycles. The van der Waals surface area contributed by atoms with Crippen molar-refractivity contribution >= 4 is 37.3 Å². The van der Waals surface area contributed by atoms with Crippen LogP contribution in [0.1, 0.15) is 16.6 Å². The predicted molar refractivity (Wildman–Crippen MR) is 75.9 cm³/mol. The molecule has 2 aromatic rings. The first-order valence-electron chi connectivity index (χ1n) is 5.60. The van der Waals surface area contributed by atoms with Crippen molar-refractivity contribution < 1.29 is 18.0 Å². The molecule has 0 aliphatic rings. The van der Waals surface area contributed by atoms with Crippen molar-refractivity contribution in [1.82, 2.24) is 14.9 Å². The molecule has 20 heavy (non-hydrogen) atoms. The fourth-order valence-corrected chi connectivity index (χ4v) is 5.05. The zero-order valence-corrected chi connectivity index (χ0v) is 13.7. The van der Waals surface area contributed by atoms with E-state index in [9.17, 15) is 8.42 Å². The normalized spacial score (nSPS) is 11.9. The van der Waals surface area contributed by atoms with Crippen molar-refractivity contribution in [3.8, 4) is 0 Å². The highest BCUT2D eigenvalue weighted by atomic mass is 79.9. The number of nitrogens with one attached hydrogen (secondary N) is 1. The van der Waals surface area contributed by atoms with Crippen LogP contribution in [0, 0.1) is 6.92 Å². The van der Waals surface area contributed by atoms with Crippen molar-refractivity contribution in [2.45, 2.75) is 24.8 Å². The number of aromatic nitrogens is 2. The number of aryl methyl sites for hydroxylation is 1. The Labute approximate surface area is 128 Å². The van der Waals surface area contributed by atoms with Crippen molar-refractivity contribution in [3.63, 3.8) is 0 Å². The number of halogens is 1. The lowest BCUT2D eigenvalue weighted by molar-refractivity contribution is 0.285. The molecule has 0 bridgehead atoms. The van der Waals surface area contributed by atoms with Gasteiger partial charge in [0.15, 0.2) is 5.82 Å². The maximum absolute atomic E-state index is 12.1. The molecule has 110 valence electrons. The summed E-state index contributed by atoms with van der Waals surface area (Å²) in [5.41, 5.74) is 0. The molecule has 2 heterocycles.